The number of fused-ring (bicyclic) bond motifs is 2. The van der Waals surface area contributed by atoms with Gasteiger partial charge in [-0.3, -0.25) is 4.79 Å². The molecule has 0 aliphatic carbocycles. The number of nitrogens with zero attached hydrogens (tertiary/aromatic N) is 2. The number of carbonyl (C=O) groups excluding carboxylic acids is 1. The maximum absolute atomic E-state index is 14.3. The summed E-state index contributed by atoms with van der Waals surface area (Å²) in [6.45, 7) is 0.246. The minimum Gasteiger partial charge on any atom is -0.507 e. The number of hydrazone groups is 1. The molecule has 2 N–H and O–H groups in total. The van der Waals surface area contributed by atoms with E-state index in [-0.39, 0.29) is 23.7 Å². The Balaban J connectivity index is 1.44. The molecule has 0 saturated carbocycles. The van der Waals surface area contributed by atoms with E-state index in [0.717, 1.165) is 21.9 Å². The van der Waals surface area contributed by atoms with E-state index in [1.54, 1.807) is 30.3 Å². The number of para-hydroxylation sites is 1. The van der Waals surface area contributed by atoms with Gasteiger partial charge in [0.05, 0.1) is 18.3 Å². The Labute approximate surface area is 199 Å². The molecule has 4 aromatic carbocycles. The van der Waals surface area contributed by atoms with Crippen LogP contribution < -0.4 is 5.43 Å². The molecule has 7 heteroatoms. The molecule has 168 valence electrons. The highest BCUT2D eigenvalue weighted by molar-refractivity contribution is 6.31. The summed E-state index contributed by atoms with van der Waals surface area (Å²) in [6, 6.07) is 22.8. The van der Waals surface area contributed by atoms with Gasteiger partial charge in [0, 0.05) is 33.2 Å². The molecule has 0 saturated heterocycles. The Morgan fingerprint density at radius 3 is 2.59 bits per heavy atom. The molecule has 5 nitrogen and oxygen atoms in total. The molecule has 0 bridgehead atoms. The minimum atomic E-state index is -0.521. The lowest BCUT2D eigenvalue weighted by molar-refractivity contribution is 0.0954. The number of amides is 1. The number of rotatable bonds is 5. The van der Waals surface area contributed by atoms with Crippen LogP contribution in [-0.4, -0.2) is 21.8 Å². The molecule has 1 amide bonds. The summed E-state index contributed by atoms with van der Waals surface area (Å²) in [5, 5.41) is 17.1. The molecule has 0 atom stereocenters. The van der Waals surface area contributed by atoms with Crippen molar-refractivity contribution in [3.8, 4) is 5.75 Å². The van der Waals surface area contributed by atoms with Crippen LogP contribution in [0.15, 0.2) is 90.2 Å². The molecule has 0 aliphatic heterocycles. The maximum atomic E-state index is 14.3. The van der Waals surface area contributed by atoms with Gasteiger partial charge < -0.3 is 9.67 Å². The first kappa shape index (κ1) is 21.7. The van der Waals surface area contributed by atoms with E-state index in [2.05, 4.69) is 10.5 Å². The minimum absolute atomic E-state index is 0.121. The van der Waals surface area contributed by atoms with Crippen molar-refractivity contribution in [1.29, 1.82) is 0 Å². The van der Waals surface area contributed by atoms with Crippen LogP contribution in [0.1, 0.15) is 21.5 Å². The average molecular weight is 472 g/mol. The van der Waals surface area contributed by atoms with Gasteiger partial charge >= 0.3 is 0 Å². The van der Waals surface area contributed by atoms with E-state index in [0.29, 0.717) is 16.0 Å². The van der Waals surface area contributed by atoms with Gasteiger partial charge in [-0.2, -0.15) is 5.10 Å². The fourth-order valence-electron chi connectivity index (χ4n) is 4.08. The normalized spacial score (nSPS) is 11.5. The van der Waals surface area contributed by atoms with Crippen molar-refractivity contribution in [2.24, 2.45) is 5.10 Å². The van der Waals surface area contributed by atoms with Crippen molar-refractivity contribution in [2.45, 2.75) is 6.54 Å². The van der Waals surface area contributed by atoms with Crippen molar-refractivity contribution in [3.63, 3.8) is 0 Å². The maximum Gasteiger partial charge on any atom is 0.275 e. The number of aromatic hydroxyl groups is 1. The van der Waals surface area contributed by atoms with Gasteiger partial charge in [0.2, 0.25) is 0 Å². The second-order valence-electron chi connectivity index (χ2n) is 7.81. The Kier molecular flexibility index (Phi) is 5.74. The molecule has 5 aromatic rings. The third kappa shape index (κ3) is 4.00. The highest BCUT2D eigenvalue weighted by atomic mass is 35.5. The van der Waals surface area contributed by atoms with Crippen molar-refractivity contribution in [1.82, 2.24) is 9.99 Å². The Hall–Kier alpha value is -4.16. The molecule has 0 spiro atoms. The van der Waals surface area contributed by atoms with E-state index >= 15 is 0 Å². The van der Waals surface area contributed by atoms with E-state index in [1.807, 2.05) is 47.2 Å². The van der Waals surface area contributed by atoms with Gasteiger partial charge in [0.1, 0.15) is 11.6 Å². The zero-order valence-electron chi connectivity index (χ0n) is 17.9. The van der Waals surface area contributed by atoms with E-state index in [1.165, 1.54) is 18.3 Å². The zero-order chi connectivity index (χ0) is 23.7. The lowest BCUT2D eigenvalue weighted by atomic mass is 10.0. The third-order valence-electron chi connectivity index (χ3n) is 5.71. The summed E-state index contributed by atoms with van der Waals surface area (Å²) in [5.74, 6) is -1.01. The second-order valence-corrected chi connectivity index (χ2v) is 8.22. The lowest BCUT2D eigenvalue weighted by Gasteiger charge is -2.08. The number of aromatic nitrogens is 1. The molecular weight excluding hydrogens is 453 g/mol. The second kappa shape index (κ2) is 9.00. The molecule has 34 heavy (non-hydrogen) atoms. The highest BCUT2D eigenvalue weighted by Crippen LogP contribution is 2.27. The predicted octanol–water partition coefficient (Wildman–Crippen LogP) is 6.10. The number of carbonyl (C=O) groups is 1. The first-order valence-electron chi connectivity index (χ1n) is 10.6. The van der Waals surface area contributed by atoms with Crippen LogP contribution in [0.5, 0.6) is 5.75 Å². The van der Waals surface area contributed by atoms with Gasteiger partial charge in [-0.05, 0) is 35.0 Å². The summed E-state index contributed by atoms with van der Waals surface area (Å²) in [7, 11) is 0. The topological polar surface area (TPSA) is 66.6 Å². The van der Waals surface area contributed by atoms with Gasteiger partial charge in [0.15, 0.2) is 0 Å². The Bertz CT molecular complexity index is 1560. The summed E-state index contributed by atoms with van der Waals surface area (Å²) in [4.78, 5) is 12.8. The Morgan fingerprint density at radius 2 is 1.76 bits per heavy atom. The standard InChI is InChI=1S/C27H19ClFN3O2/c28-22-9-5-10-23(29)21(22)16-32-15-18(19-7-3-4-11-24(19)32)14-30-31-27(34)26-20-8-2-1-6-17(20)12-13-25(26)33/h1-15,33H,16H2,(H,31,34)/b30-14+. The number of hydrogen-bond acceptors (Lipinski definition) is 3. The third-order valence-corrected chi connectivity index (χ3v) is 6.07. The van der Waals surface area contributed by atoms with Crippen LogP contribution in [0.25, 0.3) is 21.7 Å². The van der Waals surface area contributed by atoms with Gasteiger partial charge in [-0.15, -0.1) is 0 Å². The summed E-state index contributed by atoms with van der Waals surface area (Å²) in [5.41, 5.74) is 4.68. The van der Waals surface area contributed by atoms with Crippen molar-refractivity contribution in [3.05, 3.63) is 113 Å². The first-order valence-corrected chi connectivity index (χ1v) is 11.0. The van der Waals surface area contributed by atoms with Crippen LogP contribution in [0.2, 0.25) is 5.02 Å². The zero-order valence-corrected chi connectivity index (χ0v) is 18.6. The van der Waals surface area contributed by atoms with E-state index < -0.39 is 5.91 Å². The van der Waals surface area contributed by atoms with Crippen LogP contribution >= 0.6 is 11.6 Å². The predicted molar refractivity (Wildman–Crippen MR) is 133 cm³/mol. The number of hydrogen-bond donors (Lipinski definition) is 2. The number of nitrogens with one attached hydrogen (secondary N) is 1. The summed E-state index contributed by atoms with van der Waals surface area (Å²) < 4.78 is 16.2. The number of benzene rings is 4. The average Bonchev–Trinajstić information content (AvgIpc) is 3.19. The molecule has 0 unspecified atom stereocenters. The molecular formula is C27H19ClFN3O2. The SMILES string of the molecule is O=C(N/N=C/c1cn(Cc2c(F)cccc2Cl)c2ccccc12)c1c(O)ccc2ccccc12. The van der Waals surface area contributed by atoms with Gasteiger partial charge in [0.25, 0.3) is 5.91 Å². The molecule has 5 rings (SSSR count). The molecule has 0 radical (unpaired) electrons. The van der Waals surface area contributed by atoms with Crippen molar-refractivity contribution >= 4 is 45.4 Å². The fourth-order valence-corrected chi connectivity index (χ4v) is 4.30. The van der Waals surface area contributed by atoms with Crippen LogP contribution in [0.3, 0.4) is 0 Å². The van der Waals surface area contributed by atoms with Crippen LogP contribution in [-0.2, 0) is 6.54 Å². The number of phenolic OH excluding ortho intramolecular Hbond substituents is 1. The quantitative estimate of drug-likeness (QED) is 0.240. The molecule has 1 heterocycles. The number of halogens is 2. The highest BCUT2D eigenvalue weighted by Gasteiger charge is 2.15. The van der Waals surface area contributed by atoms with Crippen LogP contribution in [0, 0.1) is 5.82 Å². The monoisotopic (exact) mass is 471 g/mol. The molecule has 1 aromatic heterocycles. The smallest absolute Gasteiger partial charge is 0.275 e. The largest absolute Gasteiger partial charge is 0.507 e. The fraction of sp³-hybridized carbons (Fsp3) is 0.0370. The van der Waals surface area contributed by atoms with Crippen LogP contribution in [0.4, 0.5) is 4.39 Å². The lowest BCUT2D eigenvalue weighted by Crippen LogP contribution is -2.18. The summed E-state index contributed by atoms with van der Waals surface area (Å²) >= 11 is 6.22. The molecule has 0 fully saturated rings. The Morgan fingerprint density at radius 1 is 1.00 bits per heavy atom. The van der Waals surface area contributed by atoms with Crippen molar-refractivity contribution in [2.75, 3.05) is 0 Å². The first-order chi connectivity index (χ1) is 16.5. The van der Waals surface area contributed by atoms with E-state index in [9.17, 15) is 14.3 Å². The van der Waals surface area contributed by atoms with E-state index in [4.69, 9.17) is 11.6 Å². The summed E-state index contributed by atoms with van der Waals surface area (Å²) in [6.07, 6.45) is 3.36. The van der Waals surface area contributed by atoms with Gasteiger partial charge in [-0.1, -0.05) is 66.2 Å². The van der Waals surface area contributed by atoms with Gasteiger partial charge in [-0.25, -0.2) is 9.82 Å². The van der Waals surface area contributed by atoms with Crippen molar-refractivity contribution < 1.29 is 14.3 Å². The molecule has 0 aliphatic rings. The number of phenols is 1.